The molecule has 0 aromatic heterocycles. The van der Waals surface area contributed by atoms with Crippen molar-refractivity contribution >= 4 is 0 Å². The van der Waals surface area contributed by atoms with Crippen LogP contribution in [0, 0.1) is 11.8 Å². The van der Waals surface area contributed by atoms with Crippen LogP contribution in [0.5, 0.6) is 0 Å². The summed E-state index contributed by atoms with van der Waals surface area (Å²) in [4.78, 5) is 2.45. The Labute approximate surface area is 98.1 Å². The number of ether oxygens (including phenoxy) is 1. The molecule has 0 N–H and O–H groups in total. The molecule has 2 heterocycles. The van der Waals surface area contributed by atoms with Crippen molar-refractivity contribution in [2.24, 2.45) is 11.8 Å². The van der Waals surface area contributed by atoms with E-state index >= 15 is 0 Å². The summed E-state index contributed by atoms with van der Waals surface area (Å²) in [5, 5.41) is 0. The SMILES string of the molecule is C[C@@H]1CCCN(C[C@@H]2OCCC(F)[C@@H]2C)C1. The molecule has 0 bridgehead atoms. The minimum Gasteiger partial charge on any atom is -0.376 e. The molecule has 0 aliphatic carbocycles. The average Bonchev–Trinajstić information content (AvgIpc) is 2.25. The van der Waals surface area contributed by atoms with Gasteiger partial charge in [0.1, 0.15) is 6.17 Å². The lowest BCUT2D eigenvalue weighted by atomic mass is 9.93. The van der Waals surface area contributed by atoms with Crippen LogP contribution in [0.2, 0.25) is 0 Å². The van der Waals surface area contributed by atoms with Gasteiger partial charge in [0.05, 0.1) is 6.10 Å². The second-order valence-electron chi connectivity index (χ2n) is 5.58. The fourth-order valence-electron chi connectivity index (χ4n) is 2.91. The molecule has 3 heteroatoms. The molecule has 0 saturated carbocycles. The number of nitrogens with zero attached hydrogens (tertiary/aromatic N) is 1. The zero-order chi connectivity index (χ0) is 11.5. The van der Waals surface area contributed by atoms with Gasteiger partial charge in [-0.3, -0.25) is 0 Å². The van der Waals surface area contributed by atoms with Gasteiger partial charge in [-0.25, -0.2) is 4.39 Å². The van der Waals surface area contributed by atoms with Crippen molar-refractivity contribution in [3.8, 4) is 0 Å². The van der Waals surface area contributed by atoms with E-state index in [1.807, 2.05) is 6.92 Å². The van der Waals surface area contributed by atoms with E-state index in [0.717, 1.165) is 25.6 Å². The van der Waals surface area contributed by atoms with Crippen molar-refractivity contribution in [2.75, 3.05) is 26.2 Å². The monoisotopic (exact) mass is 229 g/mol. The van der Waals surface area contributed by atoms with Crippen molar-refractivity contribution in [1.29, 1.82) is 0 Å². The number of piperidine rings is 1. The summed E-state index contributed by atoms with van der Waals surface area (Å²) in [7, 11) is 0. The summed E-state index contributed by atoms with van der Waals surface area (Å²) in [6.45, 7) is 8.13. The van der Waals surface area contributed by atoms with Gasteiger partial charge in [0.15, 0.2) is 0 Å². The Morgan fingerprint density at radius 2 is 2.12 bits per heavy atom. The van der Waals surface area contributed by atoms with Gasteiger partial charge in [-0.15, -0.1) is 0 Å². The van der Waals surface area contributed by atoms with Gasteiger partial charge in [-0.05, 0) is 25.3 Å². The van der Waals surface area contributed by atoms with Crippen molar-refractivity contribution in [3.63, 3.8) is 0 Å². The summed E-state index contributed by atoms with van der Waals surface area (Å²) in [6, 6.07) is 0. The highest BCUT2D eigenvalue weighted by molar-refractivity contribution is 4.82. The Balaban J connectivity index is 1.83. The van der Waals surface area contributed by atoms with Crippen LogP contribution in [0.4, 0.5) is 4.39 Å². The average molecular weight is 229 g/mol. The van der Waals surface area contributed by atoms with E-state index in [0.29, 0.717) is 13.0 Å². The molecule has 2 rings (SSSR count). The smallest absolute Gasteiger partial charge is 0.107 e. The first-order valence-electron chi connectivity index (χ1n) is 6.65. The van der Waals surface area contributed by atoms with Gasteiger partial charge in [0, 0.05) is 32.0 Å². The Bertz CT molecular complexity index is 224. The van der Waals surface area contributed by atoms with Gasteiger partial charge in [-0.2, -0.15) is 0 Å². The fraction of sp³-hybridized carbons (Fsp3) is 1.00. The van der Waals surface area contributed by atoms with Gasteiger partial charge >= 0.3 is 0 Å². The van der Waals surface area contributed by atoms with E-state index in [1.54, 1.807) is 0 Å². The van der Waals surface area contributed by atoms with Crippen molar-refractivity contribution < 1.29 is 9.13 Å². The summed E-state index contributed by atoms with van der Waals surface area (Å²) >= 11 is 0. The maximum Gasteiger partial charge on any atom is 0.107 e. The molecule has 4 atom stereocenters. The van der Waals surface area contributed by atoms with E-state index < -0.39 is 6.17 Å². The first-order chi connectivity index (χ1) is 7.66. The number of rotatable bonds is 2. The largest absolute Gasteiger partial charge is 0.376 e. The molecular formula is C13H24FNO. The molecule has 0 spiro atoms. The van der Waals surface area contributed by atoms with Gasteiger partial charge in [-0.1, -0.05) is 13.8 Å². The van der Waals surface area contributed by atoms with Crippen LogP contribution >= 0.6 is 0 Å². The molecule has 2 saturated heterocycles. The summed E-state index contributed by atoms with van der Waals surface area (Å²) in [5.74, 6) is 0.847. The minimum absolute atomic E-state index is 0.0611. The van der Waals surface area contributed by atoms with Crippen LogP contribution in [-0.2, 0) is 4.74 Å². The lowest BCUT2D eigenvalue weighted by molar-refractivity contribution is -0.0755. The highest BCUT2D eigenvalue weighted by Crippen LogP contribution is 2.25. The zero-order valence-electron chi connectivity index (χ0n) is 10.5. The third-order valence-electron chi connectivity index (χ3n) is 4.06. The van der Waals surface area contributed by atoms with Gasteiger partial charge < -0.3 is 9.64 Å². The Hall–Kier alpha value is -0.150. The van der Waals surface area contributed by atoms with Crippen LogP contribution in [0.25, 0.3) is 0 Å². The normalized spacial score (nSPS) is 42.2. The molecule has 2 aliphatic rings. The van der Waals surface area contributed by atoms with Crippen LogP contribution in [0.3, 0.4) is 0 Å². The van der Waals surface area contributed by atoms with E-state index in [9.17, 15) is 4.39 Å². The lowest BCUT2D eigenvalue weighted by Gasteiger charge is -2.38. The Morgan fingerprint density at radius 1 is 1.31 bits per heavy atom. The molecule has 16 heavy (non-hydrogen) atoms. The van der Waals surface area contributed by atoms with Crippen LogP contribution in [0.15, 0.2) is 0 Å². The predicted octanol–water partition coefficient (Wildman–Crippen LogP) is 2.48. The van der Waals surface area contributed by atoms with Crippen molar-refractivity contribution in [3.05, 3.63) is 0 Å². The highest BCUT2D eigenvalue weighted by atomic mass is 19.1. The molecule has 0 radical (unpaired) electrons. The first kappa shape index (κ1) is 12.3. The van der Waals surface area contributed by atoms with Gasteiger partial charge in [0.2, 0.25) is 0 Å². The molecule has 0 aromatic carbocycles. The second kappa shape index (κ2) is 5.46. The molecule has 2 aliphatic heterocycles. The Morgan fingerprint density at radius 3 is 2.88 bits per heavy atom. The number of hydrogen-bond acceptors (Lipinski definition) is 2. The summed E-state index contributed by atoms with van der Waals surface area (Å²) in [6.07, 6.45) is 2.63. The standard InChI is InChI=1S/C13H24FNO/c1-10-4-3-6-15(8-10)9-13-11(2)12(14)5-7-16-13/h10-13H,3-9H2,1-2H3/t10-,11+,12?,13+/m1/s1. The quantitative estimate of drug-likeness (QED) is 0.721. The highest BCUT2D eigenvalue weighted by Gasteiger charge is 2.32. The molecule has 94 valence electrons. The topological polar surface area (TPSA) is 12.5 Å². The molecule has 0 aromatic rings. The lowest BCUT2D eigenvalue weighted by Crippen LogP contribution is -2.46. The number of halogens is 1. The van der Waals surface area contributed by atoms with E-state index in [1.165, 1.54) is 12.8 Å². The maximum atomic E-state index is 13.6. The maximum absolute atomic E-state index is 13.6. The van der Waals surface area contributed by atoms with Crippen molar-refractivity contribution in [1.82, 2.24) is 4.90 Å². The number of hydrogen-bond donors (Lipinski definition) is 0. The van der Waals surface area contributed by atoms with Gasteiger partial charge in [0.25, 0.3) is 0 Å². The van der Waals surface area contributed by atoms with Crippen LogP contribution in [0.1, 0.15) is 33.1 Å². The zero-order valence-corrected chi connectivity index (χ0v) is 10.5. The Kier molecular flexibility index (Phi) is 4.20. The summed E-state index contributed by atoms with van der Waals surface area (Å²) in [5.41, 5.74) is 0. The minimum atomic E-state index is -0.666. The van der Waals surface area contributed by atoms with E-state index in [2.05, 4.69) is 11.8 Å². The van der Waals surface area contributed by atoms with E-state index in [4.69, 9.17) is 4.74 Å². The number of alkyl halides is 1. The summed E-state index contributed by atoms with van der Waals surface area (Å²) < 4.78 is 19.3. The second-order valence-corrected chi connectivity index (χ2v) is 5.58. The van der Waals surface area contributed by atoms with Crippen molar-refractivity contribution in [2.45, 2.75) is 45.4 Å². The molecular weight excluding hydrogens is 205 g/mol. The van der Waals surface area contributed by atoms with E-state index in [-0.39, 0.29) is 12.0 Å². The molecule has 0 amide bonds. The first-order valence-corrected chi connectivity index (χ1v) is 6.65. The fourth-order valence-corrected chi connectivity index (χ4v) is 2.91. The van der Waals surface area contributed by atoms with Crippen LogP contribution < -0.4 is 0 Å². The predicted molar refractivity (Wildman–Crippen MR) is 63.3 cm³/mol. The molecule has 2 nitrogen and oxygen atoms in total. The third kappa shape index (κ3) is 2.95. The third-order valence-corrected chi connectivity index (χ3v) is 4.06. The molecule has 2 fully saturated rings. The molecule has 1 unspecified atom stereocenters. The number of likely N-dealkylation sites (tertiary alicyclic amines) is 1. The van der Waals surface area contributed by atoms with Crippen LogP contribution in [-0.4, -0.2) is 43.4 Å².